The normalized spacial score (nSPS) is 11.1. The Morgan fingerprint density at radius 3 is 2.40 bits per heavy atom. The molecule has 0 heterocycles. The van der Waals surface area contributed by atoms with Gasteiger partial charge in [0.2, 0.25) is 0 Å². The van der Waals surface area contributed by atoms with Crippen molar-refractivity contribution in [2.75, 3.05) is 29.0 Å². The number of benzene rings is 3. The van der Waals surface area contributed by atoms with E-state index in [4.69, 9.17) is 0 Å². The van der Waals surface area contributed by atoms with Crippen LogP contribution in [0.2, 0.25) is 0 Å². The number of rotatable bonds is 6. The first kappa shape index (κ1) is 21.3. The third-order valence-electron chi connectivity index (χ3n) is 4.48. The summed E-state index contributed by atoms with van der Waals surface area (Å²) in [6.07, 6.45) is 0. The van der Waals surface area contributed by atoms with Crippen LogP contribution in [0.4, 0.5) is 21.5 Å². The number of anilines is 3. The van der Waals surface area contributed by atoms with E-state index in [1.807, 2.05) is 25.1 Å². The van der Waals surface area contributed by atoms with Gasteiger partial charge in [0.25, 0.3) is 15.9 Å². The van der Waals surface area contributed by atoms with Crippen molar-refractivity contribution in [3.8, 4) is 0 Å². The number of sulfonamides is 1. The van der Waals surface area contributed by atoms with Gasteiger partial charge in [0.1, 0.15) is 5.82 Å². The molecule has 0 fully saturated rings. The van der Waals surface area contributed by atoms with E-state index in [9.17, 15) is 17.6 Å². The van der Waals surface area contributed by atoms with Crippen LogP contribution in [0.3, 0.4) is 0 Å². The van der Waals surface area contributed by atoms with E-state index in [0.717, 1.165) is 5.69 Å². The van der Waals surface area contributed by atoms with E-state index in [1.54, 1.807) is 37.3 Å². The van der Waals surface area contributed by atoms with Crippen LogP contribution >= 0.6 is 0 Å². The van der Waals surface area contributed by atoms with E-state index in [2.05, 4.69) is 10.0 Å². The molecule has 0 bridgehead atoms. The lowest BCUT2D eigenvalue weighted by Gasteiger charge is -2.15. The molecule has 1 amide bonds. The molecule has 0 aliphatic carbocycles. The van der Waals surface area contributed by atoms with Crippen LogP contribution in [0.15, 0.2) is 71.6 Å². The molecule has 6 nitrogen and oxygen atoms in total. The van der Waals surface area contributed by atoms with Gasteiger partial charge in [-0.2, -0.15) is 0 Å². The van der Waals surface area contributed by atoms with Crippen molar-refractivity contribution < 1.29 is 17.6 Å². The number of carbonyl (C=O) groups is 1. The SMILES string of the molecule is Cc1ccc(NC(=O)c2cccc(N(C)C)c2)cc1S(=O)(=O)Nc1ccccc1F. The van der Waals surface area contributed by atoms with Crippen LogP contribution in [0.1, 0.15) is 15.9 Å². The number of halogens is 1. The highest BCUT2D eigenvalue weighted by Crippen LogP contribution is 2.25. The maximum Gasteiger partial charge on any atom is 0.262 e. The van der Waals surface area contributed by atoms with Crippen LogP contribution in [0.5, 0.6) is 0 Å². The van der Waals surface area contributed by atoms with E-state index in [-0.39, 0.29) is 16.5 Å². The predicted octanol–water partition coefficient (Wildman–Crippen LogP) is 4.25. The average Bonchev–Trinajstić information content (AvgIpc) is 2.71. The predicted molar refractivity (Wildman–Crippen MR) is 117 cm³/mol. The first-order valence-corrected chi connectivity index (χ1v) is 10.6. The fourth-order valence-corrected chi connectivity index (χ4v) is 4.18. The second-order valence-corrected chi connectivity index (χ2v) is 8.62. The number of nitrogens with one attached hydrogen (secondary N) is 2. The number of aryl methyl sites for hydroxylation is 1. The van der Waals surface area contributed by atoms with Gasteiger partial charge in [0, 0.05) is 31.0 Å². The lowest BCUT2D eigenvalue weighted by atomic mass is 10.1. The standard InChI is InChI=1S/C22H22FN3O3S/c1-15-11-12-17(24-22(27)16-7-6-8-18(13-16)26(2)3)14-21(15)30(28,29)25-20-10-5-4-9-19(20)23/h4-14,25H,1-3H3,(H,24,27). The molecule has 0 unspecified atom stereocenters. The Morgan fingerprint density at radius 1 is 0.967 bits per heavy atom. The molecule has 3 rings (SSSR count). The molecule has 30 heavy (non-hydrogen) atoms. The van der Waals surface area contributed by atoms with E-state index < -0.39 is 15.8 Å². The highest BCUT2D eigenvalue weighted by molar-refractivity contribution is 7.92. The Balaban J connectivity index is 1.87. The van der Waals surface area contributed by atoms with Gasteiger partial charge in [-0.25, -0.2) is 12.8 Å². The number of hydrogen-bond acceptors (Lipinski definition) is 4. The zero-order valence-corrected chi connectivity index (χ0v) is 17.6. The van der Waals surface area contributed by atoms with Gasteiger partial charge >= 0.3 is 0 Å². The molecule has 0 saturated carbocycles. The van der Waals surface area contributed by atoms with Crippen LogP contribution in [-0.4, -0.2) is 28.4 Å². The molecule has 0 atom stereocenters. The number of hydrogen-bond donors (Lipinski definition) is 2. The fraction of sp³-hybridized carbons (Fsp3) is 0.136. The van der Waals surface area contributed by atoms with Gasteiger partial charge in [0.15, 0.2) is 0 Å². The first-order valence-electron chi connectivity index (χ1n) is 9.14. The molecule has 8 heteroatoms. The second kappa shape index (κ2) is 8.54. The maximum atomic E-state index is 13.9. The lowest BCUT2D eigenvalue weighted by Crippen LogP contribution is -2.17. The Labute approximate surface area is 175 Å². The van der Waals surface area contributed by atoms with Crippen molar-refractivity contribution in [3.63, 3.8) is 0 Å². The fourth-order valence-electron chi connectivity index (χ4n) is 2.84. The number of amides is 1. The molecule has 2 N–H and O–H groups in total. The van der Waals surface area contributed by atoms with Gasteiger partial charge in [0.05, 0.1) is 10.6 Å². The summed E-state index contributed by atoms with van der Waals surface area (Å²) in [7, 11) is -0.312. The van der Waals surface area contributed by atoms with Gasteiger partial charge in [-0.15, -0.1) is 0 Å². The van der Waals surface area contributed by atoms with Crippen molar-refractivity contribution >= 4 is 33.0 Å². The smallest absolute Gasteiger partial charge is 0.262 e. The van der Waals surface area contributed by atoms with Gasteiger partial charge < -0.3 is 10.2 Å². The minimum atomic E-state index is -4.06. The van der Waals surface area contributed by atoms with Crippen molar-refractivity contribution in [1.29, 1.82) is 0 Å². The Morgan fingerprint density at radius 2 is 1.70 bits per heavy atom. The zero-order valence-electron chi connectivity index (χ0n) is 16.8. The van der Waals surface area contributed by atoms with Gasteiger partial charge in [-0.1, -0.05) is 24.3 Å². The average molecular weight is 428 g/mol. The molecular weight excluding hydrogens is 405 g/mol. The Hall–Kier alpha value is -3.39. The molecule has 3 aromatic rings. The number of carbonyl (C=O) groups excluding carboxylic acids is 1. The van der Waals surface area contributed by atoms with E-state index >= 15 is 0 Å². The Bertz CT molecular complexity index is 1190. The third-order valence-corrected chi connectivity index (χ3v) is 5.99. The number of para-hydroxylation sites is 1. The molecule has 0 radical (unpaired) electrons. The molecule has 0 saturated heterocycles. The first-order chi connectivity index (χ1) is 14.2. The molecule has 156 valence electrons. The van der Waals surface area contributed by atoms with Gasteiger partial charge in [-0.05, 0) is 55.0 Å². The summed E-state index contributed by atoms with van der Waals surface area (Å²) < 4.78 is 41.7. The molecule has 0 aliphatic rings. The summed E-state index contributed by atoms with van der Waals surface area (Å²) in [6, 6.07) is 17.1. The highest BCUT2D eigenvalue weighted by atomic mass is 32.2. The van der Waals surface area contributed by atoms with Crippen molar-refractivity contribution in [2.45, 2.75) is 11.8 Å². The molecule has 0 aliphatic heterocycles. The van der Waals surface area contributed by atoms with Crippen molar-refractivity contribution in [3.05, 3.63) is 83.7 Å². The van der Waals surface area contributed by atoms with Crippen LogP contribution in [0, 0.1) is 12.7 Å². The maximum absolute atomic E-state index is 13.9. The Kier molecular flexibility index (Phi) is 6.07. The summed E-state index contributed by atoms with van der Waals surface area (Å²) in [5, 5.41) is 2.72. The highest BCUT2D eigenvalue weighted by Gasteiger charge is 2.20. The zero-order chi connectivity index (χ0) is 21.9. The third kappa shape index (κ3) is 4.77. The van der Waals surface area contributed by atoms with Crippen molar-refractivity contribution in [1.82, 2.24) is 0 Å². The largest absolute Gasteiger partial charge is 0.378 e. The summed E-state index contributed by atoms with van der Waals surface area (Å²) >= 11 is 0. The number of nitrogens with zero attached hydrogens (tertiary/aromatic N) is 1. The molecule has 0 spiro atoms. The summed E-state index contributed by atoms with van der Waals surface area (Å²) in [5.41, 5.74) is 1.94. The molecule has 3 aromatic carbocycles. The second-order valence-electron chi connectivity index (χ2n) is 6.96. The molecule has 0 aromatic heterocycles. The van der Waals surface area contributed by atoms with Gasteiger partial charge in [-0.3, -0.25) is 9.52 Å². The van der Waals surface area contributed by atoms with Crippen LogP contribution in [-0.2, 0) is 10.0 Å². The quantitative estimate of drug-likeness (QED) is 0.616. The monoisotopic (exact) mass is 427 g/mol. The topological polar surface area (TPSA) is 78.5 Å². The minimum Gasteiger partial charge on any atom is -0.378 e. The van der Waals surface area contributed by atoms with E-state index in [0.29, 0.717) is 16.8 Å². The van der Waals surface area contributed by atoms with E-state index in [1.165, 1.54) is 30.3 Å². The molecular formula is C22H22FN3O3S. The summed E-state index contributed by atoms with van der Waals surface area (Å²) in [6.45, 7) is 1.63. The van der Waals surface area contributed by atoms with Crippen molar-refractivity contribution in [2.24, 2.45) is 0 Å². The lowest BCUT2D eigenvalue weighted by molar-refractivity contribution is 0.102. The minimum absolute atomic E-state index is 0.0504. The summed E-state index contributed by atoms with van der Waals surface area (Å²) in [5.74, 6) is -1.04. The van der Waals surface area contributed by atoms with Crippen LogP contribution < -0.4 is 14.9 Å². The van der Waals surface area contributed by atoms with Crippen LogP contribution in [0.25, 0.3) is 0 Å². The summed E-state index contributed by atoms with van der Waals surface area (Å²) in [4.78, 5) is 14.5.